The lowest BCUT2D eigenvalue weighted by Crippen LogP contribution is -2.45. The van der Waals surface area contributed by atoms with Crippen LogP contribution in [0.3, 0.4) is 0 Å². The fraction of sp³-hybridized carbons (Fsp3) is 0.684. The molecule has 0 amide bonds. The molecule has 1 aromatic rings. The number of aliphatic imine (C=N–C) groups is 1. The molecule has 2 rings (SSSR count). The number of hydrogen-bond donors (Lipinski definition) is 2. The monoisotopic (exact) mass is 380 g/mol. The largest absolute Gasteiger partial charge is 0.356 e. The minimum absolute atomic E-state index is 0.353. The molecule has 0 bridgehead atoms. The van der Waals surface area contributed by atoms with E-state index in [1.807, 2.05) is 19.2 Å². The van der Waals surface area contributed by atoms with Crippen LogP contribution in [-0.2, 0) is 0 Å². The molecule has 6 nitrogen and oxygen atoms in total. The SMILES string of the molecule is CN=C(NCCCCN(C)C(C)C)NC1CCN(c2ncccc2Cl)C1. The average molecular weight is 381 g/mol. The summed E-state index contributed by atoms with van der Waals surface area (Å²) in [4.78, 5) is 13.4. The Morgan fingerprint density at radius 3 is 2.96 bits per heavy atom. The van der Waals surface area contributed by atoms with Crippen molar-refractivity contribution >= 4 is 23.4 Å². The first kappa shape index (κ1) is 20.8. The summed E-state index contributed by atoms with van der Waals surface area (Å²) in [6, 6.07) is 4.71. The molecule has 0 spiro atoms. The van der Waals surface area contributed by atoms with Crippen molar-refractivity contribution < 1.29 is 0 Å². The van der Waals surface area contributed by atoms with E-state index in [1.54, 1.807) is 6.20 Å². The van der Waals surface area contributed by atoms with E-state index >= 15 is 0 Å². The van der Waals surface area contributed by atoms with Crippen LogP contribution < -0.4 is 15.5 Å². The predicted molar refractivity (Wildman–Crippen MR) is 111 cm³/mol. The second-order valence-corrected chi connectivity index (χ2v) is 7.57. The molecule has 1 aliphatic rings. The van der Waals surface area contributed by atoms with Crippen molar-refractivity contribution in [1.82, 2.24) is 20.5 Å². The lowest BCUT2D eigenvalue weighted by atomic mass is 10.2. The highest BCUT2D eigenvalue weighted by molar-refractivity contribution is 6.32. The number of pyridine rings is 1. The standard InChI is InChI=1S/C19H33ClN6/c1-15(2)25(4)12-6-5-10-23-19(21-3)24-16-9-13-26(14-16)18-17(20)8-7-11-22-18/h7-8,11,15-16H,5-6,9-10,12-14H2,1-4H3,(H2,21,23,24). The molecule has 146 valence electrons. The van der Waals surface area contributed by atoms with E-state index in [2.05, 4.69) is 51.3 Å². The summed E-state index contributed by atoms with van der Waals surface area (Å²) in [6.07, 6.45) is 5.16. The van der Waals surface area contributed by atoms with Crippen LogP contribution in [0.15, 0.2) is 23.3 Å². The first-order chi connectivity index (χ1) is 12.5. The zero-order valence-corrected chi connectivity index (χ0v) is 17.3. The normalized spacial score (nSPS) is 18.0. The van der Waals surface area contributed by atoms with E-state index in [0.717, 1.165) is 50.8 Å². The summed E-state index contributed by atoms with van der Waals surface area (Å²) in [7, 11) is 4.00. The third kappa shape index (κ3) is 6.32. The number of aromatic nitrogens is 1. The maximum absolute atomic E-state index is 6.26. The second-order valence-electron chi connectivity index (χ2n) is 7.17. The molecule has 26 heavy (non-hydrogen) atoms. The van der Waals surface area contributed by atoms with Crippen molar-refractivity contribution in [2.24, 2.45) is 4.99 Å². The minimum Gasteiger partial charge on any atom is -0.356 e. The van der Waals surface area contributed by atoms with Crippen molar-refractivity contribution in [2.45, 2.75) is 45.2 Å². The van der Waals surface area contributed by atoms with E-state index in [4.69, 9.17) is 11.6 Å². The summed E-state index contributed by atoms with van der Waals surface area (Å²) < 4.78 is 0. The van der Waals surface area contributed by atoms with Gasteiger partial charge in [0.2, 0.25) is 0 Å². The van der Waals surface area contributed by atoms with Gasteiger partial charge in [0, 0.05) is 45.0 Å². The Hall–Kier alpha value is -1.53. The third-order valence-corrected chi connectivity index (χ3v) is 5.20. The van der Waals surface area contributed by atoms with Crippen LogP contribution in [0, 0.1) is 0 Å². The molecule has 1 unspecified atom stereocenters. The zero-order chi connectivity index (χ0) is 18.9. The van der Waals surface area contributed by atoms with Gasteiger partial charge in [0.15, 0.2) is 5.96 Å². The Morgan fingerprint density at radius 1 is 1.46 bits per heavy atom. The van der Waals surface area contributed by atoms with Crippen LogP contribution in [0.4, 0.5) is 5.82 Å². The quantitative estimate of drug-likeness (QED) is 0.412. The number of unbranched alkanes of at least 4 members (excludes halogenated alkanes) is 1. The van der Waals surface area contributed by atoms with Crippen molar-refractivity contribution in [3.63, 3.8) is 0 Å². The first-order valence-corrected chi connectivity index (χ1v) is 9.92. The van der Waals surface area contributed by atoms with Crippen LogP contribution in [0.2, 0.25) is 5.02 Å². The predicted octanol–water partition coefficient (Wildman–Crippen LogP) is 2.60. The maximum atomic E-state index is 6.26. The summed E-state index contributed by atoms with van der Waals surface area (Å²) >= 11 is 6.26. The fourth-order valence-electron chi connectivity index (χ4n) is 3.02. The molecule has 1 aliphatic heterocycles. The van der Waals surface area contributed by atoms with Gasteiger partial charge in [-0.3, -0.25) is 4.99 Å². The topological polar surface area (TPSA) is 55.8 Å². The van der Waals surface area contributed by atoms with Crippen molar-refractivity contribution in [3.05, 3.63) is 23.4 Å². The van der Waals surface area contributed by atoms with Gasteiger partial charge >= 0.3 is 0 Å². The Kier molecular flexibility index (Phi) is 8.45. The van der Waals surface area contributed by atoms with Crippen molar-refractivity contribution in [2.75, 3.05) is 45.2 Å². The highest BCUT2D eigenvalue weighted by Crippen LogP contribution is 2.25. The fourth-order valence-corrected chi connectivity index (χ4v) is 3.26. The highest BCUT2D eigenvalue weighted by atomic mass is 35.5. The molecule has 2 heterocycles. The molecule has 0 saturated carbocycles. The van der Waals surface area contributed by atoms with E-state index < -0.39 is 0 Å². The van der Waals surface area contributed by atoms with Crippen molar-refractivity contribution in [3.8, 4) is 0 Å². The number of hydrogen-bond acceptors (Lipinski definition) is 4. The van der Waals surface area contributed by atoms with Crippen LogP contribution in [0.25, 0.3) is 0 Å². The number of nitrogens with zero attached hydrogens (tertiary/aromatic N) is 4. The van der Waals surface area contributed by atoms with Crippen LogP contribution in [0.5, 0.6) is 0 Å². The molecule has 1 atom stereocenters. The number of guanidine groups is 1. The molecular weight excluding hydrogens is 348 g/mol. The third-order valence-electron chi connectivity index (χ3n) is 4.90. The number of anilines is 1. The van der Waals surface area contributed by atoms with E-state index in [-0.39, 0.29) is 0 Å². The van der Waals surface area contributed by atoms with E-state index in [1.165, 1.54) is 6.42 Å². The molecule has 0 radical (unpaired) electrons. The smallest absolute Gasteiger partial charge is 0.191 e. The van der Waals surface area contributed by atoms with Crippen LogP contribution >= 0.6 is 11.6 Å². The molecular formula is C19H33ClN6. The van der Waals surface area contributed by atoms with Gasteiger partial charge in [0.1, 0.15) is 5.82 Å². The summed E-state index contributed by atoms with van der Waals surface area (Å²) in [6.45, 7) is 8.37. The minimum atomic E-state index is 0.353. The van der Waals surface area contributed by atoms with E-state index in [9.17, 15) is 0 Å². The molecule has 1 aromatic heterocycles. The second kappa shape index (κ2) is 10.6. The van der Waals surface area contributed by atoms with Gasteiger partial charge in [-0.05, 0) is 58.8 Å². The highest BCUT2D eigenvalue weighted by Gasteiger charge is 2.25. The molecule has 2 N–H and O–H groups in total. The first-order valence-electron chi connectivity index (χ1n) is 9.54. The maximum Gasteiger partial charge on any atom is 0.191 e. The van der Waals surface area contributed by atoms with E-state index in [0.29, 0.717) is 17.1 Å². The summed E-state index contributed by atoms with van der Waals surface area (Å²) in [5.41, 5.74) is 0. The molecule has 7 heteroatoms. The lowest BCUT2D eigenvalue weighted by molar-refractivity contribution is 0.268. The average Bonchev–Trinajstić information content (AvgIpc) is 3.08. The Bertz CT molecular complexity index is 577. The van der Waals surface area contributed by atoms with Gasteiger partial charge in [0.05, 0.1) is 5.02 Å². The Morgan fingerprint density at radius 2 is 2.27 bits per heavy atom. The lowest BCUT2D eigenvalue weighted by Gasteiger charge is -2.21. The summed E-state index contributed by atoms with van der Waals surface area (Å²) in [5, 5.41) is 7.65. The van der Waals surface area contributed by atoms with Gasteiger partial charge in [-0.15, -0.1) is 0 Å². The van der Waals surface area contributed by atoms with Gasteiger partial charge in [0.25, 0.3) is 0 Å². The van der Waals surface area contributed by atoms with Crippen molar-refractivity contribution in [1.29, 1.82) is 0 Å². The number of halogens is 1. The van der Waals surface area contributed by atoms with Crippen LogP contribution in [-0.4, -0.2) is 68.2 Å². The zero-order valence-electron chi connectivity index (χ0n) is 16.5. The number of nitrogens with one attached hydrogen (secondary N) is 2. The molecule has 1 fully saturated rings. The molecule has 0 aromatic carbocycles. The Labute approximate surface area is 163 Å². The Balaban J connectivity index is 1.70. The molecule has 0 aliphatic carbocycles. The van der Waals surface area contributed by atoms with Gasteiger partial charge in [-0.25, -0.2) is 4.98 Å². The van der Waals surface area contributed by atoms with Gasteiger partial charge in [-0.1, -0.05) is 11.6 Å². The van der Waals surface area contributed by atoms with Crippen LogP contribution in [0.1, 0.15) is 33.1 Å². The molecule has 1 saturated heterocycles. The summed E-state index contributed by atoms with van der Waals surface area (Å²) in [5.74, 6) is 1.75. The number of rotatable bonds is 8. The van der Waals surface area contributed by atoms with Gasteiger partial charge in [-0.2, -0.15) is 0 Å². The van der Waals surface area contributed by atoms with Gasteiger partial charge < -0.3 is 20.4 Å².